The summed E-state index contributed by atoms with van der Waals surface area (Å²) in [4.78, 5) is 0. The lowest BCUT2D eigenvalue weighted by Gasteiger charge is -2.24. The molecule has 0 radical (unpaired) electrons. The van der Waals surface area contributed by atoms with E-state index < -0.39 is 0 Å². The number of hydrogen-bond acceptors (Lipinski definition) is 1. The summed E-state index contributed by atoms with van der Waals surface area (Å²) >= 11 is 5.17. The van der Waals surface area contributed by atoms with Crippen molar-refractivity contribution in [3.8, 4) is 0 Å². The Morgan fingerprint density at radius 2 is 1.57 bits per heavy atom. The van der Waals surface area contributed by atoms with Gasteiger partial charge in [0.15, 0.2) is 5.71 Å². The van der Waals surface area contributed by atoms with Gasteiger partial charge in [0.1, 0.15) is 11.0 Å². The molecule has 120 valence electrons. The molecule has 0 fully saturated rings. The zero-order chi connectivity index (χ0) is 16.8. The maximum atomic E-state index is 5.83. The Morgan fingerprint density at radius 3 is 2.17 bits per heavy atom. The van der Waals surface area contributed by atoms with Crippen LogP contribution in [0.15, 0.2) is 48.5 Å². The number of anilines is 1. The molecule has 0 saturated carbocycles. The van der Waals surface area contributed by atoms with Gasteiger partial charge in [0, 0.05) is 17.3 Å². The molecule has 2 aromatic rings. The van der Waals surface area contributed by atoms with Crippen LogP contribution in [0.5, 0.6) is 0 Å². The molecular formula is C19H21I2N2+. The quantitative estimate of drug-likeness (QED) is 0.249. The van der Waals surface area contributed by atoms with Crippen LogP contribution in [-0.2, 0) is 5.41 Å². The molecule has 2 N–H and O–H groups in total. The van der Waals surface area contributed by atoms with E-state index in [0.717, 1.165) is 5.69 Å². The van der Waals surface area contributed by atoms with E-state index in [0.29, 0.717) is 7.85 Å². The first-order valence-electron chi connectivity index (χ1n) is 7.68. The fourth-order valence-electron chi connectivity index (χ4n) is 3.50. The number of alkyl halides is 2. The van der Waals surface area contributed by atoms with Gasteiger partial charge in [-0.1, -0.05) is 75.5 Å². The lowest BCUT2D eigenvalue weighted by Crippen LogP contribution is -2.37. The van der Waals surface area contributed by atoms with Crippen LogP contribution in [0.2, 0.25) is 0 Å². The Bertz CT molecular complexity index is 763. The molecule has 1 aliphatic heterocycles. The third-order valence-corrected chi connectivity index (χ3v) is 8.84. The third-order valence-electron chi connectivity index (χ3n) is 4.71. The molecule has 0 saturated heterocycles. The second-order valence-electron chi connectivity index (χ2n) is 6.56. The Balaban J connectivity index is 2.01. The fourth-order valence-corrected chi connectivity index (χ4v) is 5.87. The summed E-state index contributed by atoms with van der Waals surface area (Å²) in [6, 6.07) is 17.0. The van der Waals surface area contributed by atoms with Crippen LogP contribution >= 0.6 is 45.2 Å². The highest BCUT2D eigenvalue weighted by Gasteiger charge is 2.48. The molecule has 2 aromatic carbocycles. The average Bonchev–Trinajstić information content (AvgIpc) is 2.74. The van der Waals surface area contributed by atoms with E-state index in [1.807, 2.05) is 12.1 Å². The van der Waals surface area contributed by atoms with Crippen molar-refractivity contribution in [2.24, 2.45) is 0 Å². The van der Waals surface area contributed by atoms with Gasteiger partial charge in [-0.05, 0) is 31.5 Å². The van der Waals surface area contributed by atoms with Gasteiger partial charge in [0.25, 0.3) is 0 Å². The molecule has 23 heavy (non-hydrogen) atoms. The van der Waals surface area contributed by atoms with E-state index >= 15 is 0 Å². The predicted molar refractivity (Wildman–Crippen MR) is 116 cm³/mol. The van der Waals surface area contributed by atoms with Gasteiger partial charge in [-0.2, -0.15) is 0 Å². The van der Waals surface area contributed by atoms with Gasteiger partial charge in [0.2, 0.25) is 5.69 Å². The maximum Gasteiger partial charge on any atom is 0.209 e. The molecular weight excluding hydrogens is 510 g/mol. The average molecular weight is 531 g/mol. The molecule has 0 bridgehead atoms. The minimum atomic E-state index is 0.0500. The summed E-state index contributed by atoms with van der Waals surface area (Å²) in [7, 11) is 2.20. The molecule has 1 heterocycles. The summed E-state index contributed by atoms with van der Waals surface area (Å²) in [5.41, 5.74) is 12.2. The number of para-hydroxylation sites is 1. The fraction of sp³-hybridized carbons (Fsp3) is 0.316. The molecule has 4 heteroatoms. The molecule has 2 nitrogen and oxygen atoms in total. The molecule has 0 aliphatic carbocycles. The van der Waals surface area contributed by atoms with Crippen LogP contribution in [-0.4, -0.2) is 21.3 Å². The summed E-state index contributed by atoms with van der Waals surface area (Å²) < 4.78 is 3.19. The number of hydrogen-bond donors (Lipinski definition) is 1. The highest BCUT2D eigenvalue weighted by Crippen LogP contribution is 2.45. The minimum absolute atomic E-state index is 0.0500. The smallest absolute Gasteiger partial charge is 0.209 e. The van der Waals surface area contributed by atoms with Gasteiger partial charge >= 0.3 is 0 Å². The second-order valence-corrected chi connectivity index (χ2v) is 9.24. The van der Waals surface area contributed by atoms with E-state index in [1.54, 1.807) is 0 Å². The molecule has 0 spiro atoms. The van der Waals surface area contributed by atoms with Gasteiger partial charge in [-0.15, -0.1) is 0 Å². The number of rotatable bonds is 3. The Labute approximate surface area is 165 Å². The van der Waals surface area contributed by atoms with Gasteiger partial charge in [-0.3, -0.25) is 0 Å². The highest BCUT2D eigenvalue weighted by molar-refractivity contribution is 14.1. The second kappa shape index (κ2) is 6.35. The molecule has 1 aliphatic rings. The monoisotopic (exact) mass is 531 g/mol. The molecule has 0 unspecified atom stereocenters. The van der Waals surface area contributed by atoms with Gasteiger partial charge in [0.05, 0.1) is 9.34 Å². The van der Waals surface area contributed by atoms with Crippen molar-refractivity contribution in [3.63, 3.8) is 0 Å². The standard InChI is InChI=1S/C19H21I2N2/c1-19(2)14-6-4-5-7-15(14)23(3)18(19)17(21)16(20)12-8-10-13(22)11-9-12/h4-11,16-17H,22H2,1-3H3/q+1/t16-,17+/m0/s1. The number of halogens is 2. The normalized spacial score (nSPS) is 18.7. The van der Waals surface area contributed by atoms with Crippen molar-refractivity contribution in [2.75, 3.05) is 12.8 Å². The summed E-state index contributed by atoms with van der Waals surface area (Å²) in [6.45, 7) is 4.67. The molecule has 0 amide bonds. The number of nitrogens with zero attached hydrogens (tertiary/aromatic N) is 1. The SMILES string of the molecule is C[N+]1=C([C@H](I)[C@@H](I)c2ccc(N)cc2)C(C)(C)c2ccccc21. The molecule has 2 atom stereocenters. The molecule has 0 aromatic heterocycles. The van der Waals surface area contributed by atoms with E-state index in [2.05, 4.69) is 107 Å². The van der Waals surface area contributed by atoms with Crippen LogP contribution in [0, 0.1) is 0 Å². The van der Waals surface area contributed by atoms with E-state index in [1.165, 1.54) is 22.5 Å². The van der Waals surface area contributed by atoms with Crippen molar-refractivity contribution in [1.29, 1.82) is 0 Å². The minimum Gasteiger partial charge on any atom is -0.399 e. The van der Waals surface area contributed by atoms with Crippen molar-refractivity contribution >= 4 is 62.3 Å². The number of benzene rings is 2. The van der Waals surface area contributed by atoms with Crippen LogP contribution < -0.4 is 5.73 Å². The largest absolute Gasteiger partial charge is 0.399 e. The van der Waals surface area contributed by atoms with Crippen molar-refractivity contribution < 1.29 is 4.58 Å². The summed E-state index contributed by atoms with van der Waals surface area (Å²) in [5.74, 6) is 0. The first-order chi connectivity index (χ1) is 10.8. The highest BCUT2D eigenvalue weighted by atomic mass is 127. The predicted octanol–water partition coefficient (Wildman–Crippen LogP) is 5.25. The van der Waals surface area contributed by atoms with Crippen LogP contribution in [0.3, 0.4) is 0 Å². The molecule has 3 rings (SSSR count). The third kappa shape index (κ3) is 2.92. The van der Waals surface area contributed by atoms with Gasteiger partial charge in [-0.25, -0.2) is 4.58 Å². The van der Waals surface area contributed by atoms with Crippen molar-refractivity contribution in [3.05, 3.63) is 59.7 Å². The van der Waals surface area contributed by atoms with E-state index in [-0.39, 0.29) is 5.41 Å². The van der Waals surface area contributed by atoms with E-state index in [4.69, 9.17) is 5.73 Å². The Morgan fingerprint density at radius 1 is 0.957 bits per heavy atom. The van der Waals surface area contributed by atoms with Crippen LogP contribution in [0.1, 0.15) is 28.9 Å². The summed E-state index contributed by atoms with van der Waals surface area (Å²) in [5, 5.41) is 0. The van der Waals surface area contributed by atoms with Crippen molar-refractivity contribution in [2.45, 2.75) is 27.1 Å². The summed E-state index contributed by atoms with van der Waals surface area (Å²) in [6.07, 6.45) is 0. The maximum absolute atomic E-state index is 5.83. The first-order valence-corrected chi connectivity index (χ1v) is 10.2. The zero-order valence-electron chi connectivity index (χ0n) is 13.6. The van der Waals surface area contributed by atoms with Crippen LogP contribution in [0.4, 0.5) is 11.4 Å². The zero-order valence-corrected chi connectivity index (χ0v) is 17.9. The topological polar surface area (TPSA) is 29.0 Å². The number of nitrogens with two attached hydrogens (primary N) is 1. The first kappa shape index (κ1) is 17.2. The van der Waals surface area contributed by atoms with Gasteiger partial charge < -0.3 is 5.73 Å². The van der Waals surface area contributed by atoms with E-state index in [9.17, 15) is 0 Å². The van der Waals surface area contributed by atoms with Crippen molar-refractivity contribution in [1.82, 2.24) is 0 Å². The number of nitrogen functional groups attached to an aromatic ring is 1. The van der Waals surface area contributed by atoms with Crippen LogP contribution in [0.25, 0.3) is 0 Å². The number of fused-ring (bicyclic) bond motifs is 1. The Hall–Kier alpha value is -0.630. The lowest BCUT2D eigenvalue weighted by atomic mass is 9.79. The lowest BCUT2D eigenvalue weighted by molar-refractivity contribution is -0.403. The Kier molecular flexibility index (Phi) is 4.75.